The highest BCUT2D eigenvalue weighted by Gasteiger charge is 2.03. The quantitative estimate of drug-likeness (QED) is 0.817. The van der Waals surface area contributed by atoms with Crippen molar-refractivity contribution in [1.82, 2.24) is 19.6 Å². The van der Waals surface area contributed by atoms with Crippen LogP contribution in [0.5, 0.6) is 0 Å². The smallest absolute Gasteiger partial charge is 0.0849 e. The number of hydrogen-bond donors (Lipinski definition) is 1. The van der Waals surface area contributed by atoms with Gasteiger partial charge in [-0.2, -0.15) is 10.2 Å². The van der Waals surface area contributed by atoms with Crippen LogP contribution in [-0.2, 0) is 20.0 Å². The van der Waals surface area contributed by atoms with E-state index in [-0.39, 0.29) is 6.04 Å². The van der Waals surface area contributed by atoms with Gasteiger partial charge >= 0.3 is 0 Å². The Bertz CT molecular complexity index is 454. The average molecular weight is 219 g/mol. The lowest BCUT2D eigenvalue weighted by Gasteiger charge is -2.00. The van der Waals surface area contributed by atoms with Gasteiger partial charge in [0, 0.05) is 25.5 Å². The first-order chi connectivity index (χ1) is 7.63. The van der Waals surface area contributed by atoms with E-state index in [1.165, 1.54) is 5.56 Å². The molecule has 0 bridgehead atoms. The van der Waals surface area contributed by atoms with Crippen LogP contribution in [0.3, 0.4) is 0 Å². The van der Waals surface area contributed by atoms with E-state index in [0.717, 1.165) is 12.1 Å². The standard InChI is InChI=1S/C11H17N5/c1-9(12)5-10-6-13-16(7-10)8-11-3-4-15(2)14-11/h3-4,6-7,9H,5,8,12H2,1-2H3. The molecular weight excluding hydrogens is 202 g/mol. The molecule has 5 nitrogen and oxygen atoms in total. The van der Waals surface area contributed by atoms with Crippen LogP contribution >= 0.6 is 0 Å². The molecule has 0 fully saturated rings. The lowest BCUT2D eigenvalue weighted by atomic mass is 10.1. The fourth-order valence-electron chi connectivity index (χ4n) is 1.68. The molecule has 0 aliphatic carbocycles. The van der Waals surface area contributed by atoms with Gasteiger partial charge in [0.2, 0.25) is 0 Å². The largest absolute Gasteiger partial charge is 0.328 e. The van der Waals surface area contributed by atoms with Crippen LogP contribution in [0.2, 0.25) is 0 Å². The molecule has 2 rings (SSSR count). The van der Waals surface area contributed by atoms with Crippen molar-refractivity contribution in [3.05, 3.63) is 35.9 Å². The molecule has 0 aliphatic heterocycles. The van der Waals surface area contributed by atoms with Gasteiger partial charge in [-0.25, -0.2) is 0 Å². The van der Waals surface area contributed by atoms with Gasteiger partial charge < -0.3 is 5.73 Å². The molecule has 0 saturated heterocycles. The number of hydrogen-bond acceptors (Lipinski definition) is 3. The number of rotatable bonds is 4. The Balaban J connectivity index is 2.02. The highest BCUT2D eigenvalue weighted by Crippen LogP contribution is 2.03. The lowest BCUT2D eigenvalue weighted by Crippen LogP contribution is -2.17. The lowest BCUT2D eigenvalue weighted by molar-refractivity contribution is 0.649. The fourth-order valence-corrected chi connectivity index (χ4v) is 1.68. The first-order valence-corrected chi connectivity index (χ1v) is 5.39. The average Bonchev–Trinajstić information content (AvgIpc) is 2.76. The monoisotopic (exact) mass is 219 g/mol. The zero-order chi connectivity index (χ0) is 11.5. The normalized spacial score (nSPS) is 12.9. The van der Waals surface area contributed by atoms with Crippen LogP contribution in [0.4, 0.5) is 0 Å². The van der Waals surface area contributed by atoms with E-state index in [1.54, 1.807) is 4.68 Å². The minimum absolute atomic E-state index is 0.174. The van der Waals surface area contributed by atoms with Crippen molar-refractivity contribution in [2.24, 2.45) is 12.8 Å². The molecule has 0 radical (unpaired) electrons. The van der Waals surface area contributed by atoms with Gasteiger partial charge in [-0.3, -0.25) is 9.36 Å². The summed E-state index contributed by atoms with van der Waals surface area (Å²) >= 11 is 0. The van der Waals surface area contributed by atoms with Gasteiger partial charge in [-0.1, -0.05) is 0 Å². The second-order valence-electron chi connectivity index (χ2n) is 4.21. The third-order valence-corrected chi connectivity index (χ3v) is 2.34. The third kappa shape index (κ3) is 2.70. The zero-order valence-electron chi connectivity index (χ0n) is 9.67. The molecule has 0 aliphatic rings. The van der Waals surface area contributed by atoms with Crippen LogP contribution in [0.15, 0.2) is 24.7 Å². The summed E-state index contributed by atoms with van der Waals surface area (Å²) in [4.78, 5) is 0. The van der Waals surface area contributed by atoms with E-state index in [2.05, 4.69) is 10.2 Å². The molecular formula is C11H17N5. The van der Waals surface area contributed by atoms with Gasteiger partial charge in [0.25, 0.3) is 0 Å². The fraction of sp³-hybridized carbons (Fsp3) is 0.455. The summed E-state index contributed by atoms with van der Waals surface area (Å²) < 4.78 is 3.68. The summed E-state index contributed by atoms with van der Waals surface area (Å²) in [5.74, 6) is 0. The molecule has 0 amide bonds. The summed E-state index contributed by atoms with van der Waals surface area (Å²) in [7, 11) is 1.91. The van der Waals surface area contributed by atoms with Crippen LogP contribution in [0, 0.1) is 0 Å². The van der Waals surface area contributed by atoms with Crippen molar-refractivity contribution in [3.63, 3.8) is 0 Å². The Kier molecular flexibility index (Phi) is 3.05. The molecule has 1 atom stereocenters. The number of nitrogens with zero attached hydrogens (tertiary/aromatic N) is 4. The summed E-state index contributed by atoms with van der Waals surface area (Å²) in [5.41, 5.74) is 7.92. The van der Waals surface area contributed by atoms with Crippen molar-refractivity contribution >= 4 is 0 Å². The van der Waals surface area contributed by atoms with Gasteiger partial charge in [0.1, 0.15) is 0 Å². The summed E-state index contributed by atoms with van der Waals surface area (Å²) in [6.07, 6.45) is 6.69. The summed E-state index contributed by atoms with van der Waals surface area (Å²) in [6, 6.07) is 2.17. The molecule has 5 heteroatoms. The van der Waals surface area contributed by atoms with Gasteiger partial charge in [-0.05, 0) is 25.0 Å². The van der Waals surface area contributed by atoms with Crippen molar-refractivity contribution in [2.45, 2.75) is 25.9 Å². The maximum absolute atomic E-state index is 5.74. The Morgan fingerprint density at radius 2 is 2.31 bits per heavy atom. The Morgan fingerprint density at radius 1 is 1.50 bits per heavy atom. The molecule has 0 aromatic carbocycles. The summed E-state index contributed by atoms with van der Waals surface area (Å²) in [6.45, 7) is 2.70. The molecule has 1 unspecified atom stereocenters. The Hall–Kier alpha value is -1.62. The van der Waals surface area contributed by atoms with E-state index in [4.69, 9.17) is 5.73 Å². The number of aryl methyl sites for hydroxylation is 1. The zero-order valence-corrected chi connectivity index (χ0v) is 9.67. The van der Waals surface area contributed by atoms with Crippen molar-refractivity contribution < 1.29 is 0 Å². The van der Waals surface area contributed by atoms with Gasteiger partial charge in [0.05, 0.1) is 18.4 Å². The predicted molar refractivity (Wildman–Crippen MR) is 61.9 cm³/mol. The molecule has 2 heterocycles. The molecule has 2 aromatic heterocycles. The van der Waals surface area contributed by atoms with Crippen molar-refractivity contribution in [1.29, 1.82) is 0 Å². The van der Waals surface area contributed by atoms with E-state index in [9.17, 15) is 0 Å². The van der Waals surface area contributed by atoms with Crippen LogP contribution < -0.4 is 5.73 Å². The van der Waals surface area contributed by atoms with Crippen molar-refractivity contribution in [2.75, 3.05) is 0 Å². The van der Waals surface area contributed by atoms with Gasteiger partial charge in [-0.15, -0.1) is 0 Å². The summed E-state index contributed by atoms with van der Waals surface area (Å²) in [5, 5.41) is 8.59. The highest BCUT2D eigenvalue weighted by molar-refractivity contribution is 5.07. The predicted octanol–water partition coefficient (Wildman–Crippen LogP) is 0.555. The Morgan fingerprint density at radius 3 is 2.94 bits per heavy atom. The van der Waals surface area contributed by atoms with E-state index >= 15 is 0 Å². The van der Waals surface area contributed by atoms with Crippen molar-refractivity contribution in [3.8, 4) is 0 Å². The van der Waals surface area contributed by atoms with E-state index in [1.807, 2.05) is 43.3 Å². The van der Waals surface area contributed by atoms with Gasteiger partial charge in [0.15, 0.2) is 0 Å². The molecule has 2 aromatic rings. The second kappa shape index (κ2) is 4.49. The topological polar surface area (TPSA) is 61.7 Å². The molecule has 0 saturated carbocycles. The first-order valence-electron chi connectivity index (χ1n) is 5.39. The maximum Gasteiger partial charge on any atom is 0.0849 e. The number of aromatic nitrogens is 4. The highest BCUT2D eigenvalue weighted by atomic mass is 15.3. The minimum Gasteiger partial charge on any atom is -0.328 e. The van der Waals surface area contributed by atoms with Crippen LogP contribution in [0.1, 0.15) is 18.2 Å². The molecule has 0 spiro atoms. The van der Waals surface area contributed by atoms with Crippen LogP contribution in [-0.4, -0.2) is 25.6 Å². The molecule has 86 valence electrons. The van der Waals surface area contributed by atoms with Crippen LogP contribution in [0.25, 0.3) is 0 Å². The van der Waals surface area contributed by atoms with E-state index < -0.39 is 0 Å². The second-order valence-corrected chi connectivity index (χ2v) is 4.21. The maximum atomic E-state index is 5.74. The Labute approximate surface area is 94.9 Å². The first kappa shape index (κ1) is 10.9. The minimum atomic E-state index is 0.174. The molecule has 16 heavy (non-hydrogen) atoms. The SMILES string of the molecule is CC(N)Cc1cnn(Cc2ccn(C)n2)c1. The third-order valence-electron chi connectivity index (χ3n) is 2.34. The van der Waals surface area contributed by atoms with E-state index in [0.29, 0.717) is 6.54 Å². The molecule has 2 N–H and O–H groups in total. The number of nitrogens with two attached hydrogens (primary N) is 1.